The molecule has 0 aliphatic heterocycles. The van der Waals surface area contributed by atoms with Gasteiger partial charge in [0.05, 0.1) is 6.26 Å². The number of hydrogen-bond acceptors (Lipinski definition) is 5. The molecule has 1 unspecified atom stereocenters. The first-order valence-electron chi connectivity index (χ1n) is 5.16. The third-order valence-corrected chi connectivity index (χ3v) is 2.30. The van der Waals surface area contributed by atoms with E-state index in [-0.39, 0.29) is 11.7 Å². The molecule has 1 N–H and O–H groups in total. The molecular weight excluding hydrogens is 224 g/mol. The molecule has 1 atom stereocenters. The Bertz CT molecular complexity index is 503. The van der Waals surface area contributed by atoms with Gasteiger partial charge in [0.25, 0.3) is 0 Å². The van der Waals surface area contributed by atoms with E-state index in [2.05, 4.69) is 15.4 Å². The molecule has 0 spiro atoms. The van der Waals surface area contributed by atoms with Crippen molar-refractivity contribution in [1.29, 1.82) is 0 Å². The van der Waals surface area contributed by atoms with Crippen LogP contribution < -0.4 is 0 Å². The topological polar surface area (TPSA) is 94.0 Å². The quantitative estimate of drug-likeness (QED) is 0.857. The van der Waals surface area contributed by atoms with Gasteiger partial charge in [0.2, 0.25) is 5.82 Å². The molecule has 0 amide bonds. The summed E-state index contributed by atoms with van der Waals surface area (Å²) in [5, 5.41) is 20.6. The van der Waals surface area contributed by atoms with Crippen LogP contribution in [0, 0.1) is 5.92 Å². The van der Waals surface area contributed by atoms with Crippen LogP contribution in [0.5, 0.6) is 0 Å². The lowest BCUT2D eigenvalue weighted by Gasteiger charge is -2.13. The highest BCUT2D eigenvalue weighted by Crippen LogP contribution is 2.18. The van der Waals surface area contributed by atoms with Crippen molar-refractivity contribution in [2.75, 3.05) is 0 Å². The average Bonchev–Trinajstić information content (AvgIpc) is 2.83. The second-order valence-corrected chi connectivity index (χ2v) is 3.94. The second-order valence-electron chi connectivity index (χ2n) is 3.94. The van der Waals surface area contributed by atoms with Crippen LogP contribution in [0.15, 0.2) is 22.8 Å². The number of hydrogen-bond donors (Lipinski definition) is 1. The van der Waals surface area contributed by atoms with Crippen LogP contribution in [-0.2, 0) is 4.79 Å². The lowest BCUT2D eigenvalue weighted by Crippen LogP contribution is -2.26. The lowest BCUT2D eigenvalue weighted by atomic mass is 10.1. The van der Waals surface area contributed by atoms with E-state index in [9.17, 15) is 4.79 Å². The number of carboxylic acids is 1. The fourth-order valence-corrected chi connectivity index (χ4v) is 1.50. The van der Waals surface area contributed by atoms with Crippen LogP contribution >= 0.6 is 0 Å². The third-order valence-electron chi connectivity index (χ3n) is 2.30. The summed E-state index contributed by atoms with van der Waals surface area (Å²) in [6.07, 6.45) is 1.49. The normalized spacial score (nSPS) is 12.9. The number of aliphatic carboxylic acids is 1. The van der Waals surface area contributed by atoms with Crippen molar-refractivity contribution in [1.82, 2.24) is 20.2 Å². The van der Waals surface area contributed by atoms with Crippen molar-refractivity contribution in [3.8, 4) is 11.6 Å². The van der Waals surface area contributed by atoms with Crippen LogP contribution in [0.25, 0.3) is 11.6 Å². The van der Waals surface area contributed by atoms with E-state index in [0.717, 1.165) is 4.80 Å². The minimum absolute atomic E-state index is 0.133. The average molecular weight is 236 g/mol. The summed E-state index contributed by atoms with van der Waals surface area (Å²) in [5.41, 5.74) is 0. The van der Waals surface area contributed by atoms with Crippen LogP contribution in [0.3, 0.4) is 0 Å². The predicted molar refractivity (Wildman–Crippen MR) is 57.0 cm³/mol. The fourth-order valence-electron chi connectivity index (χ4n) is 1.50. The van der Waals surface area contributed by atoms with Crippen molar-refractivity contribution in [3.63, 3.8) is 0 Å². The van der Waals surface area contributed by atoms with Crippen LogP contribution in [0.2, 0.25) is 0 Å². The summed E-state index contributed by atoms with van der Waals surface area (Å²) in [6, 6.07) is 2.56. The maximum atomic E-state index is 11.1. The highest BCUT2D eigenvalue weighted by Gasteiger charge is 2.26. The zero-order chi connectivity index (χ0) is 12.4. The number of carbonyl (C=O) groups is 1. The van der Waals surface area contributed by atoms with Gasteiger partial charge >= 0.3 is 5.97 Å². The highest BCUT2D eigenvalue weighted by molar-refractivity contribution is 5.71. The molecule has 2 rings (SSSR count). The van der Waals surface area contributed by atoms with Gasteiger partial charge in [-0.05, 0) is 23.3 Å². The van der Waals surface area contributed by atoms with Crippen molar-refractivity contribution in [3.05, 3.63) is 18.4 Å². The van der Waals surface area contributed by atoms with E-state index in [4.69, 9.17) is 9.52 Å². The molecule has 0 aliphatic carbocycles. The fraction of sp³-hybridized carbons (Fsp3) is 0.400. The lowest BCUT2D eigenvalue weighted by molar-refractivity contribution is -0.143. The molecular formula is C10H12N4O3. The Labute approximate surface area is 97.0 Å². The molecule has 90 valence electrons. The number of tetrazole rings is 1. The molecule has 7 nitrogen and oxygen atoms in total. The Balaban J connectivity index is 2.31. The Kier molecular flexibility index (Phi) is 2.90. The Morgan fingerprint density at radius 3 is 2.82 bits per heavy atom. The predicted octanol–water partition coefficient (Wildman–Crippen LogP) is 1.21. The SMILES string of the molecule is CC(C)C(C(=O)O)n1nnc(-c2ccco2)n1. The number of rotatable bonds is 4. The zero-order valence-electron chi connectivity index (χ0n) is 9.44. The smallest absolute Gasteiger partial charge is 0.330 e. The van der Waals surface area contributed by atoms with Gasteiger partial charge in [0, 0.05) is 0 Å². The van der Waals surface area contributed by atoms with Crippen molar-refractivity contribution >= 4 is 5.97 Å². The number of aromatic nitrogens is 4. The third kappa shape index (κ3) is 2.17. The summed E-state index contributed by atoms with van der Waals surface area (Å²) in [4.78, 5) is 12.2. The first-order valence-corrected chi connectivity index (χ1v) is 5.16. The van der Waals surface area contributed by atoms with E-state index in [1.807, 2.05) is 0 Å². The standard InChI is InChI=1S/C10H12N4O3/c1-6(2)8(10(15)16)14-12-9(11-13-14)7-4-3-5-17-7/h3-6,8H,1-2H3,(H,15,16). The minimum atomic E-state index is -0.983. The van der Waals surface area contributed by atoms with E-state index in [1.54, 1.807) is 26.0 Å². The van der Waals surface area contributed by atoms with Crippen molar-refractivity contribution in [2.24, 2.45) is 5.92 Å². The van der Waals surface area contributed by atoms with Gasteiger partial charge in [0.1, 0.15) is 0 Å². The Morgan fingerprint density at radius 2 is 2.29 bits per heavy atom. The molecule has 2 heterocycles. The highest BCUT2D eigenvalue weighted by atomic mass is 16.4. The van der Waals surface area contributed by atoms with Crippen molar-refractivity contribution < 1.29 is 14.3 Å². The van der Waals surface area contributed by atoms with Gasteiger partial charge in [-0.3, -0.25) is 0 Å². The Hall–Kier alpha value is -2.18. The molecule has 0 aliphatic rings. The molecule has 0 bridgehead atoms. The molecule has 7 heteroatoms. The zero-order valence-corrected chi connectivity index (χ0v) is 9.44. The molecule has 0 radical (unpaired) electrons. The summed E-state index contributed by atoms with van der Waals surface area (Å²) >= 11 is 0. The number of nitrogens with zero attached hydrogens (tertiary/aromatic N) is 4. The van der Waals surface area contributed by atoms with Gasteiger partial charge in [0.15, 0.2) is 11.8 Å². The maximum Gasteiger partial charge on any atom is 0.330 e. The Morgan fingerprint density at radius 1 is 1.53 bits per heavy atom. The summed E-state index contributed by atoms with van der Waals surface area (Å²) in [7, 11) is 0. The first kappa shape index (κ1) is 11.3. The molecule has 0 aromatic carbocycles. The van der Waals surface area contributed by atoms with Crippen LogP contribution in [-0.4, -0.2) is 31.3 Å². The maximum absolute atomic E-state index is 11.1. The molecule has 0 fully saturated rings. The second kappa shape index (κ2) is 4.36. The first-order chi connectivity index (χ1) is 8.09. The van der Waals surface area contributed by atoms with Gasteiger partial charge in [-0.1, -0.05) is 13.8 Å². The monoisotopic (exact) mass is 236 g/mol. The number of furan rings is 1. The van der Waals surface area contributed by atoms with Gasteiger partial charge in [-0.25, -0.2) is 4.79 Å². The van der Waals surface area contributed by atoms with Gasteiger partial charge < -0.3 is 9.52 Å². The molecule has 0 saturated heterocycles. The largest absolute Gasteiger partial charge is 0.480 e. The molecule has 2 aromatic heterocycles. The molecule has 2 aromatic rings. The van der Waals surface area contributed by atoms with Gasteiger partial charge in [-0.2, -0.15) is 0 Å². The van der Waals surface area contributed by atoms with E-state index >= 15 is 0 Å². The number of carboxylic acid groups (broad SMARTS) is 1. The van der Waals surface area contributed by atoms with E-state index in [1.165, 1.54) is 6.26 Å². The summed E-state index contributed by atoms with van der Waals surface area (Å²) in [5.74, 6) is -0.374. The molecule has 17 heavy (non-hydrogen) atoms. The van der Waals surface area contributed by atoms with Crippen molar-refractivity contribution in [2.45, 2.75) is 19.9 Å². The minimum Gasteiger partial charge on any atom is -0.480 e. The van der Waals surface area contributed by atoms with E-state index in [0.29, 0.717) is 5.76 Å². The van der Waals surface area contributed by atoms with Crippen LogP contribution in [0.1, 0.15) is 19.9 Å². The molecule has 0 saturated carbocycles. The summed E-state index contributed by atoms with van der Waals surface area (Å²) < 4.78 is 5.11. The van der Waals surface area contributed by atoms with E-state index < -0.39 is 12.0 Å². The van der Waals surface area contributed by atoms with Gasteiger partial charge in [-0.15, -0.1) is 15.0 Å². The summed E-state index contributed by atoms with van der Waals surface area (Å²) in [6.45, 7) is 3.57. The van der Waals surface area contributed by atoms with Crippen LogP contribution in [0.4, 0.5) is 0 Å².